The van der Waals surface area contributed by atoms with Crippen LogP contribution in [-0.4, -0.2) is 29.8 Å². The summed E-state index contributed by atoms with van der Waals surface area (Å²) in [5, 5.41) is 2.76. The minimum absolute atomic E-state index is 0.0721. The molecule has 0 saturated carbocycles. The second-order valence-corrected chi connectivity index (χ2v) is 4.18. The minimum atomic E-state index is -0.662. The van der Waals surface area contributed by atoms with Crippen molar-refractivity contribution in [3.63, 3.8) is 0 Å². The van der Waals surface area contributed by atoms with Gasteiger partial charge in [-0.3, -0.25) is 14.5 Å². The average Bonchev–Trinajstić information content (AvgIpc) is 2.50. The highest BCUT2D eigenvalue weighted by molar-refractivity contribution is 6.06. The number of rotatable bonds is 2. The molecule has 1 atom stereocenters. The Morgan fingerprint density at radius 1 is 1.41 bits per heavy atom. The van der Waals surface area contributed by atoms with Crippen LogP contribution in [0.2, 0.25) is 0 Å². The number of anilines is 1. The molecule has 1 unspecified atom stereocenters. The van der Waals surface area contributed by atoms with Crippen molar-refractivity contribution in [2.24, 2.45) is 0 Å². The molecular formula is C12H13FN2O2. The van der Waals surface area contributed by atoms with Crippen molar-refractivity contribution in [2.45, 2.75) is 19.4 Å². The molecule has 1 fully saturated rings. The third-order valence-electron chi connectivity index (χ3n) is 2.84. The Labute approximate surface area is 98.4 Å². The summed E-state index contributed by atoms with van der Waals surface area (Å²) in [6.45, 7) is 1.78. The first-order valence-corrected chi connectivity index (χ1v) is 5.32. The van der Waals surface area contributed by atoms with Gasteiger partial charge < -0.3 is 5.32 Å². The zero-order valence-electron chi connectivity index (χ0n) is 9.66. The Kier molecular flexibility index (Phi) is 2.83. The molecule has 1 aliphatic rings. The van der Waals surface area contributed by atoms with Crippen LogP contribution in [0.5, 0.6) is 0 Å². The molecule has 1 aromatic carbocycles. The third-order valence-corrected chi connectivity index (χ3v) is 2.84. The van der Waals surface area contributed by atoms with Gasteiger partial charge in [0, 0.05) is 7.05 Å². The molecule has 2 rings (SSSR count). The number of likely N-dealkylation sites (tertiary alicyclic amines) is 1. The smallest absolute Gasteiger partial charge is 0.251 e. The number of carbonyl (C=O) groups excluding carboxylic acids is 2. The van der Waals surface area contributed by atoms with E-state index in [0.29, 0.717) is 0 Å². The number of nitrogens with one attached hydrogen (secondary N) is 1. The number of aryl methyl sites for hydroxylation is 1. The van der Waals surface area contributed by atoms with E-state index >= 15 is 0 Å². The van der Waals surface area contributed by atoms with E-state index in [0.717, 1.165) is 10.5 Å². The van der Waals surface area contributed by atoms with Crippen molar-refractivity contribution >= 4 is 17.5 Å². The van der Waals surface area contributed by atoms with Gasteiger partial charge >= 0.3 is 0 Å². The fourth-order valence-corrected chi connectivity index (χ4v) is 1.79. The maximum Gasteiger partial charge on any atom is 0.251 e. The number of imide groups is 1. The molecule has 0 radical (unpaired) electrons. The lowest BCUT2D eigenvalue weighted by atomic mass is 10.2. The van der Waals surface area contributed by atoms with Crippen molar-refractivity contribution in [3.8, 4) is 0 Å². The van der Waals surface area contributed by atoms with Crippen molar-refractivity contribution in [3.05, 3.63) is 29.6 Å². The summed E-state index contributed by atoms with van der Waals surface area (Å²) in [6, 6.07) is 4.04. The van der Waals surface area contributed by atoms with Gasteiger partial charge in [0.1, 0.15) is 11.9 Å². The molecule has 0 bridgehead atoms. The molecule has 17 heavy (non-hydrogen) atoms. The van der Waals surface area contributed by atoms with Gasteiger partial charge in [-0.25, -0.2) is 4.39 Å². The van der Waals surface area contributed by atoms with Gasteiger partial charge in [0.2, 0.25) is 5.91 Å². The van der Waals surface area contributed by atoms with Gasteiger partial charge in [0.15, 0.2) is 0 Å². The summed E-state index contributed by atoms with van der Waals surface area (Å²) in [7, 11) is 1.43. The highest BCUT2D eigenvalue weighted by Crippen LogP contribution is 2.20. The molecule has 1 aliphatic heterocycles. The Hall–Kier alpha value is -1.91. The second-order valence-electron chi connectivity index (χ2n) is 4.18. The molecule has 1 aromatic rings. The van der Waals surface area contributed by atoms with Crippen LogP contribution in [0.1, 0.15) is 12.0 Å². The van der Waals surface area contributed by atoms with Crippen LogP contribution in [0, 0.1) is 12.7 Å². The molecule has 5 heteroatoms. The Bertz CT molecular complexity index is 487. The summed E-state index contributed by atoms with van der Waals surface area (Å²) in [4.78, 5) is 24.0. The lowest BCUT2D eigenvalue weighted by Gasteiger charge is -2.13. The van der Waals surface area contributed by atoms with Gasteiger partial charge in [-0.2, -0.15) is 0 Å². The lowest BCUT2D eigenvalue weighted by molar-refractivity contribution is -0.136. The predicted molar refractivity (Wildman–Crippen MR) is 60.9 cm³/mol. The Morgan fingerprint density at radius 3 is 2.65 bits per heavy atom. The summed E-state index contributed by atoms with van der Waals surface area (Å²) in [5.41, 5.74) is 1.05. The highest BCUT2D eigenvalue weighted by atomic mass is 19.1. The zero-order chi connectivity index (χ0) is 12.6. The summed E-state index contributed by atoms with van der Waals surface area (Å²) >= 11 is 0. The SMILES string of the molecule is Cc1ccc(NC2CC(=O)N(C)C2=O)c(F)c1. The molecule has 1 saturated heterocycles. The van der Waals surface area contributed by atoms with Crippen molar-refractivity contribution in [1.29, 1.82) is 0 Å². The number of carbonyl (C=O) groups is 2. The number of nitrogens with zero attached hydrogens (tertiary/aromatic N) is 1. The van der Waals surface area contributed by atoms with E-state index in [1.165, 1.54) is 13.1 Å². The quantitative estimate of drug-likeness (QED) is 0.787. The molecule has 1 N–H and O–H groups in total. The highest BCUT2D eigenvalue weighted by Gasteiger charge is 2.36. The first-order chi connectivity index (χ1) is 7.99. The summed E-state index contributed by atoms with van der Waals surface area (Å²) in [6.07, 6.45) is 0.0721. The molecule has 0 aromatic heterocycles. The van der Waals surface area contributed by atoms with Crippen LogP contribution in [0.4, 0.5) is 10.1 Å². The van der Waals surface area contributed by atoms with E-state index in [-0.39, 0.29) is 23.9 Å². The van der Waals surface area contributed by atoms with Gasteiger partial charge in [-0.15, -0.1) is 0 Å². The van der Waals surface area contributed by atoms with Gasteiger partial charge in [-0.05, 0) is 24.6 Å². The van der Waals surface area contributed by atoms with Gasteiger partial charge in [-0.1, -0.05) is 6.07 Å². The molecule has 0 aliphatic carbocycles. The monoisotopic (exact) mass is 236 g/mol. The normalized spacial score (nSPS) is 19.9. The van der Waals surface area contributed by atoms with Crippen LogP contribution >= 0.6 is 0 Å². The summed E-state index contributed by atoms with van der Waals surface area (Å²) in [5.74, 6) is -0.991. The van der Waals surface area contributed by atoms with Crippen LogP contribution in [-0.2, 0) is 9.59 Å². The van der Waals surface area contributed by atoms with Crippen LogP contribution in [0.15, 0.2) is 18.2 Å². The first kappa shape index (κ1) is 11.6. The van der Waals surface area contributed by atoms with Gasteiger partial charge in [0.25, 0.3) is 5.91 Å². The van der Waals surface area contributed by atoms with Crippen molar-refractivity contribution in [1.82, 2.24) is 4.90 Å². The molecule has 90 valence electrons. The summed E-state index contributed by atoms with van der Waals surface area (Å²) < 4.78 is 13.6. The average molecular weight is 236 g/mol. The van der Waals surface area contributed by atoms with E-state index in [4.69, 9.17) is 0 Å². The predicted octanol–water partition coefficient (Wildman–Crippen LogP) is 1.30. The first-order valence-electron chi connectivity index (χ1n) is 5.32. The maximum absolute atomic E-state index is 13.6. The zero-order valence-corrected chi connectivity index (χ0v) is 9.66. The van der Waals surface area contributed by atoms with E-state index < -0.39 is 11.9 Å². The lowest BCUT2D eigenvalue weighted by Crippen LogP contribution is -2.32. The number of benzene rings is 1. The largest absolute Gasteiger partial charge is 0.371 e. The molecule has 1 heterocycles. The third kappa shape index (κ3) is 2.13. The van der Waals surface area contributed by atoms with E-state index in [1.54, 1.807) is 19.1 Å². The second kappa shape index (κ2) is 4.16. The number of hydrogen-bond donors (Lipinski definition) is 1. The van der Waals surface area contributed by atoms with Crippen LogP contribution < -0.4 is 5.32 Å². The number of hydrogen-bond acceptors (Lipinski definition) is 3. The van der Waals surface area contributed by atoms with Crippen LogP contribution in [0.3, 0.4) is 0 Å². The number of amides is 2. The van der Waals surface area contributed by atoms with Crippen molar-refractivity contribution < 1.29 is 14.0 Å². The molecule has 0 spiro atoms. The maximum atomic E-state index is 13.6. The number of halogens is 1. The Balaban J connectivity index is 2.17. The number of likely N-dealkylation sites (N-methyl/N-ethyl adjacent to an activating group) is 1. The fourth-order valence-electron chi connectivity index (χ4n) is 1.79. The van der Waals surface area contributed by atoms with E-state index in [2.05, 4.69) is 5.32 Å². The van der Waals surface area contributed by atoms with E-state index in [1.807, 2.05) is 0 Å². The van der Waals surface area contributed by atoms with Gasteiger partial charge in [0.05, 0.1) is 12.1 Å². The van der Waals surface area contributed by atoms with Crippen LogP contribution in [0.25, 0.3) is 0 Å². The molecule has 4 nitrogen and oxygen atoms in total. The Morgan fingerprint density at radius 2 is 2.12 bits per heavy atom. The van der Waals surface area contributed by atoms with E-state index in [9.17, 15) is 14.0 Å². The topological polar surface area (TPSA) is 49.4 Å². The minimum Gasteiger partial charge on any atom is -0.371 e. The fraction of sp³-hybridized carbons (Fsp3) is 0.333. The molecule has 2 amide bonds. The standard InChI is InChI=1S/C12H13FN2O2/c1-7-3-4-9(8(13)5-7)14-10-6-11(16)15(2)12(10)17/h3-5,10,14H,6H2,1-2H3. The molecular weight excluding hydrogens is 223 g/mol. The van der Waals surface area contributed by atoms with Crippen molar-refractivity contribution in [2.75, 3.05) is 12.4 Å².